The lowest BCUT2D eigenvalue weighted by molar-refractivity contribution is -0.139. The standard InChI is InChI=1S/C7H7NO3S/c9-4-2-8-3(7(10)11)1-5(12)6(4)8/h1,5-6,12H,2H2,(H,10,11). The van der Waals surface area contributed by atoms with Crippen LogP contribution in [0.1, 0.15) is 0 Å². The predicted molar refractivity (Wildman–Crippen MR) is 44.0 cm³/mol. The number of Topliss-reactive ketones (excluding diaryl/α,β-unsaturated/α-hetero) is 1. The number of rotatable bonds is 1. The number of carbonyl (C=O) groups excluding carboxylic acids is 1. The van der Waals surface area contributed by atoms with E-state index in [1.54, 1.807) is 4.90 Å². The monoisotopic (exact) mass is 185 g/mol. The topological polar surface area (TPSA) is 57.6 Å². The third-order valence-electron chi connectivity index (χ3n) is 2.17. The number of carbonyl (C=O) groups is 2. The molecule has 5 heteroatoms. The average Bonchev–Trinajstić information content (AvgIpc) is 2.20. The van der Waals surface area contributed by atoms with Gasteiger partial charge in [-0.25, -0.2) is 4.79 Å². The van der Waals surface area contributed by atoms with Crippen LogP contribution in [0.15, 0.2) is 11.8 Å². The van der Waals surface area contributed by atoms with Crippen molar-refractivity contribution in [1.82, 2.24) is 4.90 Å². The third-order valence-corrected chi connectivity index (χ3v) is 2.60. The van der Waals surface area contributed by atoms with Gasteiger partial charge in [0.25, 0.3) is 0 Å². The third kappa shape index (κ3) is 0.797. The average molecular weight is 185 g/mol. The Bertz CT molecular complexity index is 299. The van der Waals surface area contributed by atoms with Crippen LogP contribution in [0.2, 0.25) is 0 Å². The molecule has 0 aliphatic carbocycles. The Hall–Kier alpha value is -0.970. The second-order valence-corrected chi connectivity index (χ2v) is 3.48. The minimum atomic E-state index is -0.982. The summed E-state index contributed by atoms with van der Waals surface area (Å²) in [7, 11) is 0. The summed E-state index contributed by atoms with van der Waals surface area (Å²) >= 11 is 4.11. The summed E-state index contributed by atoms with van der Waals surface area (Å²) in [5.41, 5.74) is 0.208. The van der Waals surface area contributed by atoms with Gasteiger partial charge in [0, 0.05) is 5.25 Å². The first-order chi connectivity index (χ1) is 5.61. The number of carboxylic acid groups (broad SMARTS) is 1. The minimum Gasteiger partial charge on any atom is -0.477 e. The molecule has 0 saturated carbocycles. The Kier molecular flexibility index (Phi) is 1.44. The molecule has 2 unspecified atom stereocenters. The van der Waals surface area contributed by atoms with Crippen molar-refractivity contribution in [2.75, 3.05) is 6.54 Å². The quantitative estimate of drug-likeness (QED) is 0.542. The molecule has 2 aliphatic rings. The first-order valence-electron chi connectivity index (χ1n) is 3.54. The van der Waals surface area contributed by atoms with Gasteiger partial charge in [0.15, 0.2) is 5.78 Å². The maximum atomic E-state index is 11.0. The van der Waals surface area contributed by atoms with E-state index in [-0.39, 0.29) is 29.3 Å². The van der Waals surface area contributed by atoms with Gasteiger partial charge in [-0.1, -0.05) is 0 Å². The van der Waals surface area contributed by atoms with Gasteiger partial charge in [0.05, 0.1) is 6.54 Å². The number of thiol groups is 1. The normalized spacial score (nSPS) is 32.6. The molecule has 2 heterocycles. The van der Waals surface area contributed by atoms with Crippen LogP contribution < -0.4 is 0 Å². The van der Waals surface area contributed by atoms with Crippen LogP contribution in [0.3, 0.4) is 0 Å². The van der Waals surface area contributed by atoms with Crippen molar-refractivity contribution < 1.29 is 14.7 Å². The fraction of sp³-hybridized carbons (Fsp3) is 0.429. The fourth-order valence-electron chi connectivity index (χ4n) is 1.57. The van der Waals surface area contributed by atoms with Gasteiger partial charge in [-0.05, 0) is 6.08 Å². The summed E-state index contributed by atoms with van der Waals surface area (Å²) < 4.78 is 0. The molecule has 2 atom stereocenters. The first-order valence-corrected chi connectivity index (χ1v) is 4.05. The van der Waals surface area contributed by atoms with Gasteiger partial charge in [0.1, 0.15) is 11.7 Å². The van der Waals surface area contributed by atoms with E-state index in [0.717, 1.165) is 0 Å². The van der Waals surface area contributed by atoms with Crippen LogP contribution in [0.4, 0.5) is 0 Å². The molecule has 2 rings (SSSR count). The lowest BCUT2D eigenvalue weighted by Crippen LogP contribution is -2.57. The van der Waals surface area contributed by atoms with Crippen molar-refractivity contribution in [3.63, 3.8) is 0 Å². The molecule has 1 N–H and O–H groups in total. The van der Waals surface area contributed by atoms with Gasteiger partial charge < -0.3 is 10.0 Å². The lowest BCUT2D eigenvalue weighted by atomic mass is 10.0. The van der Waals surface area contributed by atoms with Crippen LogP contribution >= 0.6 is 12.6 Å². The molecule has 0 aromatic heterocycles. The lowest BCUT2D eigenvalue weighted by Gasteiger charge is -2.37. The zero-order chi connectivity index (χ0) is 8.88. The van der Waals surface area contributed by atoms with Gasteiger partial charge in [-0.15, -0.1) is 0 Å². The molecular weight excluding hydrogens is 178 g/mol. The molecule has 0 aromatic rings. The molecule has 12 heavy (non-hydrogen) atoms. The highest BCUT2D eigenvalue weighted by Crippen LogP contribution is 2.32. The van der Waals surface area contributed by atoms with E-state index in [1.807, 2.05) is 0 Å². The van der Waals surface area contributed by atoms with Crippen molar-refractivity contribution >= 4 is 24.4 Å². The summed E-state index contributed by atoms with van der Waals surface area (Å²) in [4.78, 5) is 23.1. The first kappa shape index (κ1) is 7.67. The van der Waals surface area contributed by atoms with Crippen molar-refractivity contribution in [3.05, 3.63) is 11.8 Å². The van der Waals surface area contributed by atoms with E-state index in [1.165, 1.54) is 6.08 Å². The van der Waals surface area contributed by atoms with E-state index in [4.69, 9.17) is 5.11 Å². The maximum absolute atomic E-state index is 11.0. The van der Waals surface area contributed by atoms with Gasteiger partial charge in [-0.3, -0.25) is 4.79 Å². The Labute approximate surface area is 74.3 Å². The Morgan fingerprint density at radius 2 is 2.42 bits per heavy atom. The van der Waals surface area contributed by atoms with E-state index in [2.05, 4.69) is 12.6 Å². The molecule has 64 valence electrons. The van der Waals surface area contributed by atoms with E-state index < -0.39 is 5.97 Å². The van der Waals surface area contributed by atoms with Gasteiger partial charge in [0.2, 0.25) is 0 Å². The Balaban J connectivity index is 2.26. The van der Waals surface area contributed by atoms with Crippen molar-refractivity contribution in [2.45, 2.75) is 11.3 Å². The number of ketones is 1. The summed E-state index contributed by atoms with van der Waals surface area (Å²) in [6, 6.07) is -0.320. The SMILES string of the molecule is O=C(O)C1=CC(S)C2C(=O)CN12. The predicted octanol–water partition coefficient (Wildman–Crippen LogP) is -0.480. The maximum Gasteiger partial charge on any atom is 0.351 e. The number of hydrogen-bond acceptors (Lipinski definition) is 4. The number of hydrogen-bond donors (Lipinski definition) is 2. The highest BCUT2D eigenvalue weighted by molar-refractivity contribution is 7.81. The number of aliphatic carboxylic acids is 1. The Morgan fingerprint density at radius 3 is 2.83 bits per heavy atom. The van der Waals surface area contributed by atoms with Crippen LogP contribution in [0.25, 0.3) is 0 Å². The fourth-order valence-corrected chi connectivity index (χ4v) is 2.04. The molecule has 1 fully saturated rings. The van der Waals surface area contributed by atoms with Gasteiger partial charge in [-0.2, -0.15) is 12.6 Å². The van der Waals surface area contributed by atoms with Crippen molar-refractivity contribution in [1.29, 1.82) is 0 Å². The molecule has 1 saturated heterocycles. The van der Waals surface area contributed by atoms with Crippen molar-refractivity contribution in [3.8, 4) is 0 Å². The van der Waals surface area contributed by atoms with E-state index in [9.17, 15) is 9.59 Å². The second-order valence-electron chi connectivity index (χ2n) is 2.89. The molecule has 0 radical (unpaired) electrons. The summed E-state index contributed by atoms with van der Waals surface area (Å²) in [6.07, 6.45) is 1.51. The highest BCUT2D eigenvalue weighted by atomic mass is 32.1. The summed E-state index contributed by atoms with van der Waals surface area (Å²) in [5.74, 6) is -0.911. The van der Waals surface area contributed by atoms with Crippen molar-refractivity contribution in [2.24, 2.45) is 0 Å². The van der Waals surface area contributed by atoms with Crippen LogP contribution in [0, 0.1) is 0 Å². The summed E-state index contributed by atoms with van der Waals surface area (Å²) in [6.45, 7) is 0.222. The van der Waals surface area contributed by atoms with Crippen LogP contribution in [-0.2, 0) is 9.59 Å². The highest BCUT2D eigenvalue weighted by Gasteiger charge is 2.48. The molecule has 2 aliphatic heterocycles. The Morgan fingerprint density at radius 1 is 1.75 bits per heavy atom. The molecule has 0 amide bonds. The number of carboxylic acids is 1. The number of nitrogens with zero attached hydrogens (tertiary/aromatic N) is 1. The smallest absolute Gasteiger partial charge is 0.351 e. The van der Waals surface area contributed by atoms with Crippen LogP contribution in [0.5, 0.6) is 0 Å². The molecule has 0 bridgehead atoms. The molecular formula is C7H7NO3S. The van der Waals surface area contributed by atoms with Gasteiger partial charge >= 0.3 is 5.97 Å². The van der Waals surface area contributed by atoms with E-state index >= 15 is 0 Å². The van der Waals surface area contributed by atoms with E-state index in [0.29, 0.717) is 0 Å². The minimum absolute atomic E-state index is 0.0718. The zero-order valence-corrected chi connectivity index (χ0v) is 6.99. The molecule has 4 nitrogen and oxygen atoms in total. The molecule has 0 spiro atoms. The largest absolute Gasteiger partial charge is 0.477 e. The van der Waals surface area contributed by atoms with Crippen LogP contribution in [-0.4, -0.2) is 39.6 Å². The zero-order valence-electron chi connectivity index (χ0n) is 6.10. The second kappa shape index (κ2) is 2.26. The number of fused-ring (bicyclic) bond motifs is 1. The summed E-state index contributed by atoms with van der Waals surface area (Å²) in [5, 5.41) is 8.43. The molecule has 0 aromatic carbocycles.